The second kappa shape index (κ2) is 10.3. The molecule has 3 aliphatic carbocycles. The van der Waals surface area contributed by atoms with Crippen molar-refractivity contribution in [3.8, 4) is 11.1 Å². The number of nitrogens with zero attached hydrogens (tertiary/aromatic N) is 2. The number of furan rings is 1. The molecule has 0 spiro atoms. The maximum Gasteiger partial charge on any atom is 0.297 e. The van der Waals surface area contributed by atoms with E-state index in [0.29, 0.717) is 0 Å². The number of hydrogen-bond donors (Lipinski definition) is 0. The Morgan fingerprint density at radius 1 is 0.585 bits per heavy atom. The van der Waals surface area contributed by atoms with Crippen molar-refractivity contribution >= 4 is 68.4 Å². The van der Waals surface area contributed by atoms with E-state index >= 15 is 0 Å². The molecule has 0 unspecified atom stereocenters. The summed E-state index contributed by atoms with van der Waals surface area (Å²) in [5.74, 6) is 0. The Morgan fingerprint density at radius 3 is 1.94 bits per heavy atom. The first-order chi connectivity index (χ1) is 25.8. The highest BCUT2D eigenvalue weighted by Gasteiger charge is 2.48. The molecule has 0 radical (unpaired) electrons. The van der Waals surface area contributed by atoms with Gasteiger partial charge in [-0.3, -0.25) is 0 Å². The van der Waals surface area contributed by atoms with Crippen molar-refractivity contribution < 1.29 is 4.42 Å². The summed E-state index contributed by atoms with van der Waals surface area (Å²) in [5.41, 5.74) is 26.2. The fourth-order valence-corrected chi connectivity index (χ4v) is 10.1. The van der Waals surface area contributed by atoms with Gasteiger partial charge < -0.3 is 14.2 Å². The molecule has 256 valence electrons. The zero-order valence-electron chi connectivity index (χ0n) is 30.9. The molecule has 6 aromatic carbocycles. The Labute approximate surface area is 312 Å². The normalized spacial score (nSPS) is 15.7. The zero-order valence-corrected chi connectivity index (χ0v) is 30.9. The number of benzene rings is 6. The minimum Gasteiger partial charge on any atom is -0.468 e. The molecular formula is C49H41BN2O. The summed E-state index contributed by atoms with van der Waals surface area (Å²) < 4.78 is 7.34. The van der Waals surface area contributed by atoms with Crippen molar-refractivity contribution in [2.75, 3.05) is 9.80 Å². The quantitative estimate of drug-likeness (QED) is 0.173. The van der Waals surface area contributed by atoms with E-state index in [-0.39, 0.29) is 12.1 Å². The number of fused-ring (bicyclic) bond motifs is 9. The molecule has 0 bridgehead atoms. The van der Waals surface area contributed by atoms with Gasteiger partial charge in [-0.25, -0.2) is 0 Å². The predicted molar refractivity (Wildman–Crippen MR) is 221 cm³/mol. The van der Waals surface area contributed by atoms with E-state index < -0.39 is 0 Å². The average Bonchev–Trinajstić information content (AvgIpc) is 3.50. The molecule has 0 N–H and O–H groups in total. The molecule has 7 aromatic rings. The third-order valence-electron chi connectivity index (χ3n) is 13.0. The van der Waals surface area contributed by atoms with Gasteiger partial charge in [0.05, 0.1) is 17.0 Å². The maximum absolute atomic E-state index is 7.34. The van der Waals surface area contributed by atoms with Crippen molar-refractivity contribution in [2.45, 2.75) is 71.6 Å². The summed E-state index contributed by atoms with van der Waals surface area (Å²) in [4.78, 5) is 5.22. The van der Waals surface area contributed by atoms with Gasteiger partial charge >= 0.3 is 0 Å². The zero-order chi connectivity index (χ0) is 35.3. The second-order valence-electron chi connectivity index (χ2n) is 17.2. The summed E-state index contributed by atoms with van der Waals surface area (Å²) in [6.07, 6.45) is 6.90. The number of aryl methyl sites for hydroxylation is 7. The first-order valence-electron chi connectivity index (χ1n) is 19.6. The molecule has 0 saturated heterocycles. The topological polar surface area (TPSA) is 19.6 Å². The van der Waals surface area contributed by atoms with Crippen LogP contribution in [0, 0.1) is 6.92 Å². The van der Waals surface area contributed by atoms with Crippen molar-refractivity contribution in [2.24, 2.45) is 0 Å². The van der Waals surface area contributed by atoms with Gasteiger partial charge in [-0.05, 0) is 160 Å². The van der Waals surface area contributed by atoms with Crippen molar-refractivity contribution in [3.63, 3.8) is 0 Å². The molecule has 0 amide bonds. The standard InChI is InChI=1S/C49H41BN2O/c1-28-21-42-46-43(22-28)52(40-26-34-17-15-32(34)24-37(40)30-9-6-5-7-10-30)47-45-38(49(2,3)4)11-8-12-44(45)53-48(47)50(46)39-25-33-16-18-35(33)27-41(39)51(42)36-20-19-29-13-14-31(29)23-36/h5-12,19-27H,13-18H2,1-4H3. The van der Waals surface area contributed by atoms with Crippen LogP contribution < -0.4 is 26.4 Å². The van der Waals surface area contributed by atoms with Crippen LogP contribution in [0.1, 0.15) is 65.3 Å². The monoisotopic (exact) mass is 684 g/mol. The molecule has 0 fully saturated rings. The molecule has 53 heavy (non-hydrogen) atoms. The van der Waals surface area contributed by atoms with E-state index in [4.69, 9.17) is 4.42 Å². The Kier molecular flexibility index (Phi) is 5.86. The lowest BCUT2D eigenvalue weighted by atomic mass is 9.35. The van der Waals surface area contributed by atoms with Gasteiger partial charge in [0.25, 0.3) is 6.71 Å². The van der Waals surface area contributed by atoms with Crippen LogP contribution in [0.25, 0.3) is 22.1 Å². The van der Waals surface area contributed by atoms with Crippen LogP contribution in [0.15, 0.2) is 108 Å². The van der Waals surface area contributed by atoms with Crippen LogP contribution in [-0.2, 0) is 43.9 Å². The van der Waals surface area contributed by atoms with E-state index in [1.165, 1.54) is 112 Å². The molecular weight excluding hydrogens is 643 g/mol. The Morgan fingerprint density at radius 2 is 1.25 bits per heavy atom. The third-order valence-corrected chi connectivity index (χ3v) is 13.0. The van der Waals surface area contributed by atoms with Gasteiger partial charge in [0.2, 0.25) is 0 Å². The van der Waals surface area contributed by atoms with Gasteiger partial charge in [-0.1, -0.05) is 75.4 Å². The van der Waals surface area contributed by atoms with Crippen LogP contribution in [0.3, 0.4) is 0 Å². The summed E-state index contributed by atoms with van der Waals surface area (Å²) in [6, 6.07) is 39.9. The molecule has 3 nitrogen and oxygen atoms in total. The highest BCUT2D eigenvalue weighted by Crippen LogP contribution is 2.52. The van der Waals surface area contributed by atoms with E-state index in [2.05, 4.69) is 141 Å². The van der Waals surface area contributed by atoms with E-state index in [1.54, 1.807) is 0 Å². The average molecular weight is 685 g/mol. The van der Waals surface area contributed by atoms with E-state index in [9.17, 15) is 0 Å². The van der Waals surface area contributed by atoms with Crippen LogP contribution in [-0.4, -0.2) is 6.71 Å². The lowest BCUT2D eigenvalue weighted by Gasteiger charge is -2.44. The van der Waals surface area contributed by atoms with Crippen molar-refractivity contribution in [1.29, 1.82) is 0 Å². The second-order valence-corrected chi connectivity index (χ2v) is 17.2. The van der Waals surface area contributed by atoms with Gasteiger partial charge in [0, 0.05) is 33.7 Å². The molecule has 5 aliphatic rings. The smallest absolute Gasteiger partial charge is 0.297 e. The first-order valence-corrected chi connectivity index (χ1v) is 19.6. The summed E-state index contributed by atoms with van der Waals surface area (Å²) in [7, 11) is 0. The number of rotatable bonds is 3. The lowest BCUT2D eigenvalue weighted by Crippen LogP contribution is -2.61. The lowest BCUT2D eigenvalue weighted by molar-refractivity contribution is 0.594. The fourth-order valence-electron chi connectivity index (χ4n) is 10.1. The Balaban J connectivity index is 1.23. The molecule has 3 heterocycles. The SMILES string of the molecule is Cc1cc2c3c(c1)N(c1cc4c(cc1-c1ccccc1)CC4)c1c(oc4cccc(C(C)(C)C)c14)B3c1cc3c(cc1N2c1ccc2c(c1)CC2)CC3. The van der Waals surface area contributed by atoms with Gasteiger partial charge in [0.1, 0.15) is 5.58 Å². The minimum atomic E-state index is -0.0807. The minimum absolute atomic E-state index is 0.0253. The fraction of sp³-hybridized carbons (Fsp3) is 0.224. The van der Waals surface area contributed by atoms with Crippen molar-refractivity contribution in [1.82, 2.24) is 0 Å². The molecule has 0 atom stereocenters. The Bertz CT molecular complexity index is 2750. The van der Waals surface area contributed by atoms with Crippen LogP contribution in [0.4, 0.5) is 34.1 Å². The van der Waals surface area contributed by atoms with Crippen LogP contribution in [0.5, 0.6) is 0 Å². The maximum atomic E-state index is 7.34. The number of anilines is 6. The number of hydrogen-bond acceptors (Lipinski definition) is 3. The Hall–Kier alpha value is -5.48. The van der Waals surface area contributed by atoms with E-state index in [0.717, 1.165) is 43.3 Å². The van der Waals surface area contributed by atoms with Crippen molar-refractivity contribution in [3.05, 3.63) is 148 Å². The molecule has 4 heteroatoms. The molecule has 0 saturated carbocycles. The highest BCUT2D eigenvalue weighted by molar-refractivity contribution is 7.00. The summed E-state index contributed by atoms with van der Waals surface area (Å²) in [5, 5.41) is 1.24. The molecule has 12 rings (SSSR count). The van der Waals surface area contributed by atoms with E-state index in [1.807, 2.05) is 0 Å². The molecule has 2 aliphatic heterocycles. The summed E-state index contributed by atoms with van der Waals surface area (Å²) >= 11 is 0. The van der Waals surface area contributed by atoms with Crippen LogP contribution in [0.2, 0.25) is 0 Å². The van der Waals surface area contributed by atoms with Gasteiger partial charge in [0.15, 0.2) is 0 Å². The third kappa shape index (κ3) is 4.07. The molecule has 1 aromatic heterocycles. The van der Waals surface area contributed by atoms with Gasteiger partial charge in [-0.2, -0.15) is 0 Å². The van der Waals surface area contributed by atoms with Gasteiger partial charge in [-0.15, -0.1) is 0 Å². The highest BCUT2D eigenvalue weighted by atomic mass is 16.3. The van der Waals surface area contributed by atoms with Crippen LogP contribution >= 0.6 is 0 Å². The largest absolute Gasteiger partial charge is 0.468 e. The predicted octanol–water partition coefficient (Wildman–Crippen LogP) is 10.1. The first kappa shape index (κ1) is 30.0. The summed E-state index contributed by atoms with van der Waals surface area (Å²) in [6.45, 7) is 9.28.